The largest absolute Gasteiger partial charge is 0.419 e. The van der Waals surface area contributed by atoms with E-state index in [0.717, 1.165) is 24.2 Å². The molecule has 0 bridgehead atoms. The van der Waals surface area contributed by atoms with E-state index in [1.54, 1.807) is 23.1 Å². The molecule has 4 rings (SSSR count). The van der Waals surface area contributed by atoms with Crippen LogP contribution in [0.5, 0.6) is 0 Å². The molecule has 1 fully saturated rings. The van der Waals surface area contributed by atoms with Crippen LogP contribution < -0.4 is 0 Å². The normalized spacial score (nSPS) is 13.5. The van der Waals surface area contributed by atoms with Crippen molar-refractivity contribution in [1.29, 1.82) is 0 Å². The van der Waals surface area contributed by atoms with Crippen LogP contribution in [0.15, 0.2) is 40.8 Å². The molecule has 27 heavy (non-hydrogen) atoms. The van der Waals surface area contributed by atoms with Crippen LogP contribution in [-0.2, 0) is 6.54 Å². The highest BCUT2D eigenvalue weighted by Gasteiger charge is 2.35. The van der Waals surface area contributed by atoms with E-state index >= 15 is 0 Å². The van der Waals surface area contributed by atoms with Crippen molar-refractivity contribution < 1.29 is 14.1 Å². The quantitative estimate of drug-likeness (QED) is 0.451. The molecule has 0 saturated heterocycles. The van der Waals surface area contributed by atoms with Crippen LogP contribution in [0.4, 0.5) is 5.00 Å². The number of amides is 1. The molecule has 0 aliphatic heterocycles. The number of benzene rings is 1. The van der Waals surface area contributed by atoms with Gasteiger partial charge in [0.1, 0.15) is 0 Å². The lowest BCUT2D eigenvalue weighted by Gasteiger charge is -2.19. The minimum atomic E-state index is -0.503. The van der Waals surface area contributed by atoms with Crippen LogP contribution in [0.1, 0.15) is 28.4 Å². The molecule has 2 aromatic heterocycles. The number of hydrogen-bond donors (Lipinski definition) is 0. The van der Waals surface area contributed by atoms with E-state index in [1.165, 1.54) is 12.1 Å². The molecule has 1 saturated carbocycles. The second kappa shape index (κ2) is 7.09. The summed E-state index contributed by atoms with van der Waals surface area (Å²) in [6.45, 7) is 0.145. The third kappa shape index (κ3) is 3.69. The van der Waals surface area contributed by atoms with E-state index in [9.17, 15) is 14.9 Å². The summed E-state index contributed by atoms with van der Waals surface area (Å²) in [5.41, 5.74) is 0.621. The van der Waals surface area contributed by atoms with E-state index in [0.29, 0.717) is 15.5 Å². The molecule has 1 aromatic carbocycles. The molecule has 0 N–H and O–H groups in total. The molecular formula is C17H13ClN4O4S. The van der Waals surface area contributed by atoms with Crippen LogP contribution in [0.3, 0.4) is 0 Å². The first-order valence-corrected chi connectivity index (χ1v) is 9.35. The maximum Gasteiger partial charge on any atom is 0.324 e. The van der Waals surface area contributed by atoms with Crippen molar-refractivity contribution in [2.24, 2.45) is 0 Å². The Labute approximate surface area is 162 Å². The Bertz CT molecular complexity index is 1010. The lowest BCUT2D eigenvalue weighted by atomic mass is 10.2. The number of thiophene rings is 1. The third-order valence-corrected chi connectivity index (χ3v) is 5.46. The Balaban J connectivity index is 1.55. The Morgan fingerprint density at radius 3 is 2.74 bits per heavy atom. The molecule has 0 spiro atoms. The van der Waals surface area contributed by atoms with Gasteiger partial charge in [-0.05, 0) is 31.0 Å². The van der Waals surface area contributed by atoms with Crippen molar-refractivity contribution in [2.75, 3.05) is 0 Å². The minimum Gasteiger partial charge on any atom is -0.419 e. The maximum absolute atomic E-state index is 12.8. The van der Waals surface area contributed by atoms with E-state index in [4.69, 9.17) is 16.0 Å². The summed E-state index contributed by atoms with van der Waals surface area (Å²) in [5, 5.41) is 19.3. The van der Waals surface area contributed by atoms with E-state index in [1.807, 2.05) is 6.07 Å². The Kier molecular flexibility index (Phi) is 4.63. The molecule has 3 aromatic rings. The molecule has 1 amide bonds. The summed E-state index contributed by atoms with van der Waals surface area (Å²) in [5.74, 6) is 0.301. The van der Waals surface area contributed by atoms with Crippen LogP contribution in [0.2, 0.25) is 5.02 Å². The summed E-state index contributed by atoms with van der Waals surface area (Å²) in [4.78, 5) is 25.1. The fourth-order valence-electron chi connectivity index (χ4n) is 2.64. The summed E-state index contributed by atoms with van der Waals surface area (Å²) in [7, 11) is 0. The third-order valence-electron chi connectivity index (χ3n) is 4.11. The summed E-state index contributed by atoms with van der Waals surface area (Å²) < 4.78 is 5.68. The summed E-state index contributed by atoms with van der Waals surface area (Å²) in [6.07, 6.45) is 1.76. The molecule has 0 atom stereocenters. The fourth-order valence-corrected chi connectivity index (χ4v) is 3.64. The smallest absolute Gasteiger partial charge is 0.324 e. The number of halogens is 1. The van der Waals surface area contributed by atoms with Gasteiger partial charge < -0.3 is 9.32 Å². The average molecular weight is 405 g/mol. The molecule has 1 aliphatic carbocycles. The number of rotatable bonds is 6. The molecule has 0 unspecified atom stereocenters. The molecule has 2 heterocycles. The second-order valence-corrected chi connectivity index (χ2v) is 7.51. The molecule has 0 radical (unpaired) electrons. The SMILES string of the molecule is O=C(c1ccc([N+](=O)[O-])s1)N(Cc1nnc(-c2ccccc2Cl)o1)C1CC1. The highest BCUT2D eigenvalue weighted by molar-refractivity contribution is 7.17. The van der Waals surface area contributed by atoms with Crippen molar-refractivity contribution in [3.05, 3.63) is 62.3 Å². The first-order chi connectivity index (χ1) is 13.0. The van der Waals surface area contributed by atoms with Gasteiger partial charge in [0.05, 0.1) is 26.9 Å². The van der Waals surface area contributed by atoms with Crippen molar-refractivity contribution >= 4 is 33.8 Å². The topological polar surface area (TPSA) is 102 Å². The fraction of sp³-hybridized carbons (Fsp3) is 0.235. The molecular weight excluding hydrogens is 392 g/mol. The van der Waals surface area contributed by atoms with Crippen LogP contribution in [0, 0.1) is 10.1 Å². The number of carbonyl (C=O) groups is 1. The Hall–Kier alpha value is -2.78. The monoisotopic (exact) mass is 404 g/mol. The van der Waals surface area contributed by atoms with Gasteiger partial charge in [-0.1, -0.05) is 35.1 Å². The van der Waals surface area contributed by atoms with Crippen LogP contribution in [0.25, 0.3) is 11.5 Å². The zero-order valence-corrected chi connectivity index (χ0v) is 15.4. The van der Waals surface area contributed by atoms with Gasteiger partial charge in [0.15, 0.2) is 0 Å². The number of hydrogen-bond acceptors (Lipinski definition) is 7. The van der Waals surface area contributed by atoms with Gasteiger partial charge in [0.25, 0.3) is 5.91 Å². The van der Waals surface area contributed by atoms with Crippen molar-refractivity contribution in [1.82, 2.24) is 15.1 Å². The number of aromatic nitrogens is 2. The maximum atomic E-state index is 12.8. The van der Waals surface area contributed by atoms with Gasteiger partial charge in [-0.25, -0.2) is 0 Å². The standard InChI is InChI=1S/C17H13ClN4O4S/c18-12-4-2-1-3-11(12)16-20-19-14(26-16)9-21(10-5-6-10)17(23)13-7-8-15(27-13)22(24)25/h1-4,7-8,10H,5-6,9H2. The van der Waals surface area contributed by atoms with Gasteiger partial charge in [-0.2, -0.15) is 0 Å². The lowest BCUT2D eigenvalue weighted by molar-refractivity contribution is -0.380. The molecule has 10 heteroatoms. The van der Waals surface area contributed by atoms with E-state index in [-0.39, 0.29) is 35.3 Å². The van der Waals surface area contributed by atoms with Gasteiger partial charge >= 0.3 is 5.00 Å². The van der Waals surface area contributed by atoms with Gasteiger partial charge in [-0.15, -0.1) is 10.2 Å². The average Bonchev–Trinajstić information content (AvgIpc) is 3.18. The highest BCUT2D eigenvalue weighted by Crippen LogP contribution is 2.33. The van der Waals surface area contributed by atoms with Gasteiger partial charge in [-0.3, -0.25) is 14.9 Å². The predicted octanol–water partition coefficient (Wildman–Crippen LogP) is 4.16. The second-order valence-electron chi connectivity index (χ2n) is 6.04. The molecule has 8 nitrogen and oxygen atoms in total. The Morgan fingerprint density at radius 2 is 2.07 bits per heavy atom. The van der Waals surface area contributed by atoms with Crippen molar-refractivity contribution in [3.8, 4) is 11.5 Å². The summed E-state index contributed by atoms with van der Waals surface area (Å²) in [6, 6.07) is 10.0. The van der Waals surface area contributed by atoms with Crippen molar-refractivity contribution in [3.63, 3.8) is 0 Å². The predicted molar refractivity (Wildman–Crippen MR) is 98.6 cm³/mol. The first kappa shape index (κ1) is 17.6. The number of nitrogens with zero attached hydrogens (tertiary/aromatic N) is 4. The Morgan fingerprint density at radius 1 is 1.30 bits per heavy atom. The van der Waals surface area contributed by atoms with Gasteiger partial charge in [0, 0.05) is 12.1 Å². The summed E-state index contributed by atoms with van der Waals surface area (Å²) >= 11 is 7.01. The number of nitro groups is 1. The number of carbonyl (C=O) groups excluding carboxylic acids is 1. The van der Waals surface area contributed by atoms with E-state index < -0.39 is 4.92 Å². The zero-order chi connectivity index (χ0) is 19.0. The highest BCUT2D eigenvalue weighted by atomic mass is 35.5. The molecule has 1 aliphatic rings. The van der Waals surface area contributed by atoms with E-state index in [2.05, 4.69) is 10.2 Å². The minimum absolute atomic E-state index is 0.0621. The molecule has 138 valence electrons. The van der Waals surface area contributed by atoms with Crippen LogP contribution >= 0.6 is 22.9 Å². The van der Waals surface area contributed by atoms with Gasteiger partial charge in [0.2, 0.25) is 11.8 Å². The van der Waals surface area contributed by atoms with Crippen molar-refractivity contribution in [2.45, 2.75) is 25.4 Å². The lowest BCUT2D eigenvalue weighted by Crippen LogP contribution is -2.32. The zero-order valence-electron chi connectivity index (χ0n) is 13.9. The first-order valence-electron chi connectivity index (χ1n) is 8.15. The van der Waals surface area contributed by atoms with Crippen LogP contribution in [-0.4, -0.2) is 32.0 Å².